The van der Waals surface area contributed by atoms with E-state index in [1.807, 2.05) is 31.4 Å². The van der Waals surface area contributed by atoms with Crippen molar-refractivity contribution in [3.63, 3.8) is 0 Å². The lowest BCUT2D eigenvalue weighted by atomic mass is 10.0. The second kappa shape index (κ2) is 3.80. The fourth-order valence-corrected chi connectivity index (χ4v) is 1.67. The number of nitrogens with zero attached hydrogens (tertiary/aromatic N) is 2. The largest absolute Gasteiger partial charge is 0.323 e. The molecule has 1 aliphatic rings. The van der Waals surface area contributed by atoms with Gasteiger partial charge in [0.15, 0.2) is 0 Å². The third kappa shape index (κ3) is 1.93. The first kappa shape index (κ1) is 9.21. The molecular formula is C11H15N3. The molecule has 3 nitrogen and oxygen atoms in total. The summed E-state index contributed by atoms with van der Waals surface area (Å²) >= 11 is 0. The first-order valence-corrected chi connectivity index (χ1v) is 4.84. The fraction of sp³-hybridized carbons (Fsp3) is 0.364. The molecule has 0 fully saturated rings. The van der Waals surface area contributed by atoms with Gasteiger partial charge in [0, 0.05) is 26.0 Å². The molecule has 14 heavy (non-hydrogen) atoms. The van der Waals surface area contributed by atoms with E-state index < -0.39 is 0 Å². The van der Waals surface area contributed by atoms with Gasteiger partial charge in [-0.15, -0.1) is 0 Å². The molecular weight excluding hydrogens is 174 g/mol. The van der Waals surface area contributed by atoms with Crippen molar-refractivity contribution in [1.29, 1.82) is 0 Å². The van der Waals surface area contributed by atoms with Crippen LogP contribution in [0.2, 0.25) is 0 Å². The standard InChI is InChI=1S/C11H15N3/c1-14(2)13-10-6-5-9-4-3-7-12-11(9)8-10/h3-4,7-8,13H,5-6H2,1-2H3. The van der Waals surface area contributed by atoms with Crippen molar-refractivity contribution in [1.82, 2.24) is 15.4 Å². The summed E-state index contributed by atoms with van der Waals surface area (Å²) in [5.41, 5.74) is 6.96. The van der Waals surface area contributed by atoms with Crippen molar-refractivity contribution in [3.8, 4) is 0 Å². The summed E-state index contributed by atoms with van der Waals surface area (Å²) in [7, 11) is 3.99. The number of pyridine rings is 1. The number of rotatable bonds is 2. The van der Waals surface area contributed by atoms with E-state index in [2.05, 4.69) is 22.6 Å². The highest BCUT2D eigenvalue weighted by molar-refractivity contribution is 5.54. The van der Waals surface area contributed by atoms with Crippen LogP contribution in [-0.2, 0) is 6.42 Å². The van der Waals surface area contributed by atoms with Crippen LogP contribution in [-0.4, -0.2) is 24.1 Å². The summed E-state index contributed by atoms with van der Waals surface area (Å²) in [6, 6.07) is 4.14. The van der Waals surface area contributed by atoms with E-state index in [1.54, 1.807) is 0 Å². The minimum Gasteiger partial charge on any atom is -0.323 e. The quantitative estimate of drug-likeness (QED) is 0.713. The van der Waals surface area contributed by atoms with Crippen LogP contribution in [0.25, 0.3) is 6.08 Å². The lowest BCUT2D eigenvalue weighted by Gasteiger charge is -2.20. The summed E-state index contributed by atoms with van der Waals surface area (Å²) in [6.07, 6.45) is 6.11. The molecule has 0 spiro atoms. The van der Waals surface area contributed by atoms with E-state index in [0.29, 0.717) is 0 Å². The molecule has 3 heteroatoms. The first-order valence-electron chi connectivity index (χ1n) is 4.84. The zero-order valence-electron chi connectivity index (χ0n) is 8.62. The van der Waals surface area contributed by atoms with E-state index >= 15 is 0 Å². The summed E-state index contributed by atoms with van der Waals surface area (Å²) in [5.74, 6) is 0. The summed E-state index contributed by atoms with van der Waals surface area (Å²) in [4.78, 5) is 4.34. The Kier molecular flexibility index (Phi) is 2.50. The predicted octanol–water partition coefficient (Wildman–Crippen LogP) is 1.43. The Morgan fingerprint density at radius 2 is 2.21 bits per heavy atom. The van der Waals surface area contributed by atoms with Crippen molar-refractivity contribution in [2.24, 2.45) is 0 Å². The van der Waals surface area contributed by atoms with Crippen LogP contribution in [0, 0.1) is 0 Å². The van der Waals surface area contributed by atoms with E-state index in [4.69, 9.17) is 0 Å². The average molecular weight is 189 g/mol. The van der Waals surface area contributed by atoms with Gasteiger partial charge in [-0.05, 0) is 30.5 Å². The molecule has 1 aliphatic carbocycles. The molecule has 0 atom stereocenters. The minimum atomic E-state index is 1.07. The Labute approximate surface area is 84.4 Å². The van der Waals surface area contributed by atoms with Crippen molar-refractivity contribution in [2.75, 3.05) is 14.1 Å². The van der Waals surface area contributed by atoms with E-state index in [1.165, 1.54) is 11.3 Å². The molecule has 74 valence electrons. The molecule has 0 amide bonds. The Morgan fingerprint density at radius 3 is 3.00 bits per heavy atom. The number of hydrogen-bond acceptors (Lipinski definition) is 3. The van der Waals surface area contributed by atoms with Crippen molar-refractivity contribution in [3.05, 3.63) is 35.3 Å². The van der Waals surface area contributed by atoms with Gasteiger partial charge in [-0.2, -0.15) is 0 Å². The van der Waals surface area contributed by atoms with E-state index in [-0.39, 0.29) is 0 Å². The highest BCUT2D eigenvalue weighted by Crippen LogP contribution is 2.19. The predicted molar refractivity (Wildman–Crippen MR) is 57.4 cm³/mol. The van der Waals surface area contributed by atoms with Gasteiger partial charge < -0.3 is 5.43 Å². The smallest absolute Gasteiger partial charge is 0.0679 e. The lowest BCUT2D eigenvalue weighted by Crippen LogP contribution is -2.30. The second-order valence-electron chi connectivity index (χ2n) is 3.72. The molecule has 1 aromatic rings. The van der Waals surface area contributed by atoms with Crippen molar-refractivity contribution in [2.45, 2.75) is 12.8 Å². The summed E-state index contributed by atoms with van der Waals surface area (Å²) < 4.78 is 0. The van der Waals surface area contributed by atoms with Gasteiger partial charge in [0.2, 0.25) is 0 Å². The van der Waals surface area contributed by atoms with Gasteiger partial charge in [0.05, 0.1) is 5.69 Å². The van der Waals surface area contributed by atoms with Crippen LogP contribution < -0.4 is 5.43 Å². The Morgan fingerprint density at radius 1 is 1.36 bits per heavy atom. The highest BCUT2D eigenvalue weighted by Gasteiger charge is 2.10. The molecule has 0 aliphatic heterocycles. The van der Waals surface area contributed by atoms with Gasteiger partial charge in [0.25, 0.3) is 0 Å². The molecule has 0 saturated heterocycles. The van der Waals surface area contributed by atoms with Gasteiger partial charge >= 0.3 is 0 Å². The number of aryl methyl sites for hydroxylation is 1. The molecule has 0 unspecified atom stereocenters. The number of aromatic nitrogens is 1. The van der Waals surface area contributed by atoms with Crippen LogP contribution in [0.15, 0.2) is 24.0 Å². The topological polar surface area (TPSA) is 28.2 Å². The monoisotopic (exact) mass is 189 g/mol. The Balaban J connectivity index is 2.22. The minimum absolute atomic E-state index is 1.07. The van der Waals surface area contributed by atoms with Crippen LogP contribution in [0.3, 0.4) is 0 Å². The van der Waals surface area contributed by atoms with Crippen LogP contribution >= 0.6 is 0 Å². The number of nitrogens with one attached hydrogen (secondary N) is 1. The maximum Gasteiger partial charge on any atom is 0.0679 e. The summed E-state index contributed by atoms with van der Waals surface area (Å²) in [5, 5.41) is 1.96. The molecule has 0 saturated carbocycles. The lowest BCUT2D eigenvalue weighted by molar-refractivity contribution is 0.322. The maximum atomic E-state index is 4.34. The van der Waals surface area contributed by atoms with Crippen LogP contribution in [0.5, 0.6) is 0 Å². The van der Waals surface area contributed by atoms with Gasteiger partial charge in [-0.1, -0.05) is 6.07 Å². The average Bonchev–Trinajstić information content (AvgIpc) is 2.17. The van der Waals surface area contributed by atoms with E-state index in [9.17, 15) is 0 Å². The molecule has 1 aromatic heterocycles. The number of hydrazine groups is 1. The third-order valence-corrected chi connectivity index (χ3v) is 2.27. The first-order chi connectivity index (χ1) is 6.75. The van der Waals surface area contributed by atoms with Gasteiger partial charge in [-0.25, -0.2) is 5.01 Å². The number of allylic oxidation sites excluding steroid dienone is 1. The third-order valence-electron chi connectivity index (χ3n) is 2.27. The van der Waals surface area contributed by atoms with Gasteiger partial charge in [0.1, 0.15) is 0 Å². The zero-order valence-corrected chi connectivity index (χ0v) is 8.62. The van der Waals surface area contributed by atoms with Crippen LogP contribution in [0.1, 0.15) is 17.7 Å². The molecule has 1 heterocycles. The number of hydrogen-bond donors (Lipinski definition) is 1. The molecule has 2 rings (SSSR count). The highest BCUT2D eigenvalue weighted by atomic mass is 15.5. The van der Waals surface area contributed by atoms with Gasteiger partial charge in [-0.3, -0.25) is 4.98 Å². The van der Waals surface area contributed by atoms with Crippen LogP contribution in [0.4, 0.5) is 0 Å². The molecule has 1 N–H and O–H groups in total. The zero-order chi connectivity index (χ0) is 9.97. The normalized spacial score (nSPS) is 14.9. The SMILES string of the molecule is CN(C)NC1=Cc2ncccc2CC1. The maximum absolute atomic E-state index is 4.34. The molecule has 0 bridgehead atoms. The number of fused-ring (bicyclic) bond motifs is 1. The fourth-order valence-electron chi connectivity index (χ4n) is 1.67. The summed E-state index contributed by atoms with van der Waals surface area (Å²) in [6.45, 7) is 0. The molecule has 0 radical (unpaired) electrons. The Bertz CT molecular complexity index is 355. The Hall–Kier alpha value is -1.35. The van der Waals surface area contributed by atoms with Crippen molar-refractivity contribution < 1.29 is 0 Å². The van der Waals surface area contributed by atoms with E-state index in [0.717, 1.165) is 18.5 Å². The second-order valence-corrected chi connectivity index (χ2v) is 3.72. The van der Waals surface area contributed by atoms with Crippen molar-refractivity contribution >= 4 is 6.08 Å². The molecule has 0 aromatic carbocycles.